The molecule has 0 atom stereocenters. The average molecular weight is 283 g/mol. The first-order valence-corrected chi connectivity index (χ1v) is 6.51. The molecule has 0 bridgehead atoms. The number of hydrogen-bond acceptors (Lipinski definition) is 3. The fourth-order valence-electron chi connectivity index (χ4n) is 1.95. The van der Waals surface area contributed by atoms with Gasteiger partial charge in [0.1, 0.15) is 0 Å². The summed E-state index contributed by atoms with van der Waals surface area (Å²) < 4.78 is 0. The Morgan fingerprint density at radius 2 is 1.81 bits per heavy atom. The van der Waals surface area contributed by atoms with E-state index in [-0.39, 0.29) is 11.8 Å². The van der Waals surface area contributed by atoms with Crippen LogP contribution in [-0.4, -0.2) is 18.9 Å². The molecule has 0 aromatic heterocycles. The van der Waals surface area contributed by atoms with Gasteiger partial charge in [-0.25, -0.2) is 0 Å². The molecule has 5 heteroatoms. The number of anilines is 2. The van der Waals surface area contributed by atoms with Crippen molar-refractivity contribution in [1.82, 2.24) is 5.32 Å². The van der Waals surface area contributed by atoms with Crippen LogP contribution in [0.5, 0.6) is 0 Å². The van der Waals surface area contributed by atoms with Gasteiger partial charge in [-0.15, -0.1) is 0 Å². The molecule has 0 aliphatic heterocycles. The quantitative estimate of drug-likeness (QED) is 0.755. The first-order chi connectivity index (χ1) is 10.0. The predicted molar refractivity (Wildman–Crippen MR) is 83.4 cm³/mol. The normalized spacial score (nSPS) is 10.0. The van der Waals surface area contributed by atoms with Gasteiger partial charge in [-0.05, 0) is 37.3 Å². The number of nitrogens with two attached hydrogens (primary N) is 1. The first kappa shape index (κ1) is 14.6. The lowest BCUT2D eigenvalue weighted by Gasteiger charge is -2.09. The number of rotatable bonds is 3. The zero-order valence-corrected chi connectivity index (χ0v) is 11.9. The van der Waals surface area contributed by atoms with Crippen LogP contribution in [0.4, 0.5) is 11.4 Å². The van der Waals surface area contributed by atoms with E-state index in [0.717, 1.165) is 5.56 Å². The van der Waals surface area contributed by atoms with Crippen molar-refractivity contribution >= 4 is 23.2 Å². The lowest BCUT2D eigenvalue weighted by Crippen LogP contribution is -2.18. The molecule has 5 nitrogen and oxygen atoms in total. The summed E-state index contributed by atoms with van der Waals surface area (Å²) in [6.45, 7) is 1.89. The van der Waals surface area contributed by atoms with Crippen LogP contribution in [-0.2, 0) is 0 Å². The number of carbonyl (C=O) groups is 2. The second-order valence-corrected chi connectivity index (χ2v) is 4.70. The molecular formula is C16H17N3O2. The average Bonchev–Trinajstić information content (AvgIpc) is 2.49. The molecule has 2 aromatic rings. The van der Waals surface area contributed by atoms with Crippen molar-refractivity contribution < 1.29 is 9.59 Å². The third kappa shape index (κ3) is 3.39. The number of amides is 2. The van der Waals surface area contributed by atoms with Crippen molar-refractivity contribution in [2.24, 2.45) is 0 Å². The molecule has 0 aliphatic rings. The molecule has 0 aliphatic carbocycles. The third-order valence-electron chi connectivity index (χ3n) is 3.06. The summed E-state index contributed by atoms with van der Waals surface area (Å²) >= 11 is 0. The molecule has 4 N–H and O–H groups in total. The lowest BCUT2D eigenvalue weighted by atomic mass is 10.1. The Labute approximate surface area is 123 Å². The van der Waals surface area contributed by atoms with Crippen LogP contribution in [0.15, 0.2) is 42.5 Å². The maximum Gasteiger partial charge on any atom is 0.257 e. The minimum absolute atomic E-state index is 0.207. The molecule has 0 radical (unpaired) electrons. The monoisotopic (exact) mass is 283 g/mol. The zero-order chi connectivity index (χ0) is 15.4. The fraction of sp³-hybridized carbons (Fsp3) is 0.125. The van der Waals surface area contributed by atoms with Gasteiger partial charge in [-0.3, -0.25) is 9.59 Å². The van der Waals surface area contributed by atoms with Crippen LogP contribution in [0, 0.1) is 6.92 Å². The molecule has 0 unspecified atom stereocenters. The van der Waals surface area contributed by atoms with Crippen LogP contribution >= 0.6 is 0 Å². The smallest absolute Gasteiger partial charge is 0.257 e. The van der Waals surface area contributed by atoms with E-state index in [2.05, 4.69) is 10.6 Å². The number of benzene rings is 2. The second-order valence-electron chi connectivity index (χ2n) is 4.70. The lowest BCUT2D eigenvalue weighted by molar-refractivity contribution is 0.0961. The molecule has 0 spiro atoms. The Morgan fingerprint density at radius 3 is 2.52 bits per heavy atom. The summed E-state index contributed by atoms with van der Waals surface area (Å²) in [5.74, 6) is -0.508. The minimum atomic E-state index is -0.301. The first-order valence-electron chi connectivity index (χ1n) is 6.51. The number of carbonyl (C=O) groups excluding carboxylic acids is 2. The molecular weight excluding hydrogens is 266 g/mol. The summed E-state index contributed by atoms with van der Waals surface area (Å²) in [5, 5.41) is 5.29. The third-order valence-corrected chi connectivity index (χ3v) is 3.06. The highest BCUT2D eigenvalue weighted by Crippen LogP contribution is 2.17. The molecule has 0 fully saturated rings. The summed E-state index contributed by atoms with van der Waals surface area (Å²) in [6.07, 6.45) is 0. The van der Waals surface area contributed by atoms with E-state index in [1.54, 1.807) is 43.4 Å². The summed E-state index contributed by atoms with van der Waals surface area (Å²) in [7, 11) is 1.56. The Hall–Kier alpha value is -2.82. The molecule has 0 saturated carbocycles. The number of nitrogen functional groups attached to an aromatic ring is 1. The van der Waals surface area contributed by atoms with E-state index < -0.39 is 0 Å². The van der Waals surface area contributed by atoms with E-state index in [1.165, 1.54) is 0 Å². The van der Waals surface area contributed by atoms with Crippen molar-refractivity contribution in [3.05, 3.63) is 59.2 Å². The van der Waals surface area contributed by atoms with Gasteiger partial charge in [0.15, 0.2) is 0 Å². The highest BCUT2D eigenvalue weighted by molar-refractivity contribution is 6.08. The molecule has 2 aromatic carbocycles. The number of nitrogens with one attached hydrogen (secondary N) is 2. The van der Waals surface area contributed by atoms with Crippen molar-refractivity contribution in [1.29, 1.82) is 0 Å². The van der Waals surface area contributed by atoms with E-state index in [4.69, 9.17) is 5.73 Å². The molecule has 0 saturated heterocycles. The number of aryl methyl sites for hydroxylation is 1. The van der Waals surface area contributed by atoms with Gasteiger partial charge >= 0.3 is 0 Å². The molecule has 0 heterocycles. The summed E-state index contributed by atoms with van der Waals surface area (Å²) in [6, 6.07) is 12.0. The van der Waals surface area contributed by atoms with Crippen LogP contribution < -0.4 is 16.4 Å². The Kier molecular flexibility index (Phi) is 4.23. The van der Waals surface area contributed by atoms with Crippen molar-refractivity contribution in [3.8, 4) is 0 Å². The Bertz CT molecular complexity index is 696. The molecule has 108 valence electrons. The van der Waals surface area contributed by atoms with Crippen molar-refractivity contribution in [2.45, 2.75) is 6.92 Å². The van der Waals surface area contributed by atoms with Crippen LogP contribution in [0.25, 0.3) is 0 Å². The highest BCUT2D eigenvalue weighted by Gasteiger charge is 2.11. The van der Waals surface area contributed by atoms with Crippen LogP contribution in [0.2, 0.25) is 0 Å². The predicted octanol–water partition coefficient (Wildman–Crippen LogP) is 2.19. The highest BCUT2D eigenvalue weighted by atomic mass is 16.2. The second kappa shape index (κ2) is 6.09. The van der Waals surface area contributed by atoms with Gasteiger partial charge in [-0.1, -0.05) is 17.7 Å². The van der Waals surface area contributed by atoms with Crippen molar-refractivity contribution in [2.75, 3.05) is 18.1 Å². The van der Waals surface area contributed by atoms with Gasteiger partial charge in [0.05, 0.1) is 5.56 Å². The van der Waals surface area contributed by atoms with E-state index >= 15 is 0 Å². The molecule has 21 heavy (non-hydrogen) atoms. The van der Waals surface area contributed by atoms with E-state index in [9.17, 15) is 9.59 Å². The zero-order valence-electron chi connectivity index (χ0n) is 11.9. The topological polar surface area (TPSA) is 84.2 Å². The maximum absolute atomic E-state index is 12.2. The largest absolute Gasteiger partial charge is 0.398 e. The SMILES string of the molecule is CNC(=O)c1cccc(NC(=O)c2cc(C)ccc2N)c1. The Morgan fingerprint density at radius 1 is 1.05 bits per heavy atom. The Balaban J connectivity index is 2.23. The summed E-state index contributed by atoms with van der Waals surface area (Å²) in [5.41, 5.74) is 8.63. The van der Waals surface area contributed by atoms with Gasteiger partial charge in [0, 0.05) is 24.0 Å². The van der Waals surface area contributed by atoms with Crippen molar-refractivity contribution in [3.63, 3.8) is 0 Å². The van der Waals surface area contributed by atoms with Gasteiger partial charge in [-0.2, -0.15) is 0 Å². The minimum Gasteiger partial charge on any atom is -0.398 e. The van der Waals surface area contributed by atoms with E-state index in [0.29, 0.717) is 22.5 Å². The maximum atomic E-state index is 12.2. The van der Waals surface area contributed by atoms with Gasteiger partial charge in [0.2, 0.25) is 0 Å². The van der Waals surface area contributed by atoms with Crippen LogP contribution in [0.1, 0.15) is 26.3 Å². The summed E-state index contributed by atoms with van der Waals surface area (Å²) in [4.78, 5) is 23.8. The van der Waals surface area contributed by atoms with E-state index in [1.807, 2.05) is 13.0 Å². The molecule has 2 amide bonds. The molecule has 2 rings (SSSR count). The van der Waals surface area contributed by atoms with Gasteiger partial charge < -0.3 is 16.4 Å². The standard InChI is InChI=1S/C16H17N3O2/c1-10-6-7-14(17)13(8-10)16(21)19-12-5-3-4-11(9-12)15(20)18-2/h3-9H,17H2,1-2H3,(H,18,20)(H,19,21). The number of hydrogen-bond donors (Lipinski definition) is 3. The fourth-order valence-corrected chi connectivity index (χ4v) is 1.95. The van der Waals surface area contributed by atoms with Gasteiger partial charge in [0.25, 0.3) is 11.8 Å². The van der Waals surface area contributed by atoms with Crippen LogP contribution in [0.3, 0.4) is 0 Å².